The lowest BCUT2D eigenvalue weighted by molar-refractivity contribution is 0.984. The summed E-state index contributed by atoms with van der Waals surface area (Å²) in [7, 11) is -0.973. The second kappa shape index (κ2) is 5.12. The molecule has 1 aromatic carbocycles. The van der Waals surface area contributed by atoms with Crippen molar-refractivity contribution >= 4 is 12.6 Å². The Morgan fingerprint density at radius 1 is 0.933 bits per heavy atom. The standard InChI is InChI=1S/C14H24P/c1-6-15(12(2)3,13(4)5)14-10-8-7-9-11-14/h7-13H,6H2,1-5H3/q+1. The highest BCUT2D eigenvalue weighted by molar-refractivity contribution is 7.84. The number of benzene rings is 1. The SMILES string of the molecule is CC[P+](c1ccccc1)(C(C)C)C(C)C. The highest BCUT2D eigenvalue weighted by Gasteiger charge is 2.44. The largest absolute Gasteiger partial charge is 0.0944 e. The van der Waals surface area contributed by atoms with E-state index in [1.807, 2.05) is 0 Å². The van der Waals surface area contributed by atoms with Crippen LogP contribution in [0.15, 0.2) is 30.3 Å². The summed E-state index contributed by atoms with van der Waals surface area (Å²) in [5, 5.41) is 1.61. The van der Waals surface area contributed by atoms with Crippen molar-refractivity contribution < 1.29 is 0 Å². The van der Waals surface area contributed by atoms with Gasteiger partial charge in [0.25, 0.3) is 0 Å². The molecule has 0 N–H and O–H groups in total. The van der Waals surface area contributed by atoms with Crippen LogP contribution in [0.25, 0.3) is 0 Å². The highest BCUT2D eigenvalue weighted by atomic mass is 31.2. The van der Waals surface area contributed by atoms with E-state index in [-0.39, 0.29) is 0 Å². The molecule has 0 atom stereocenters. The first kappa shape index (κ1) is 12.7. The minimum absolute atomic E-state index is 0.796. The maximum atomic E-state index is 2.39. The van der Waals surface area contributed by atoms with Gasteiger partial charge in [-0.3, -0.25) is 0 Å². The summed E-state index contributed by atoms with van der Waals surface area (Å²) in [5.74, 6) is 0. The Morgan fingerprint density at radius 3 is 1.73 bits per heavy atom. The molecule has 0 heterocycles. The third-order valence-corrected chi connectivity index (χ3v) is 9.60. The van der Waals surface area contributed by atoms with E-state index in [1.54, 1.807) is 5.30 Å². The van der Waals surface area contributed by atoms with E-state index in [1.165, 1.54) is 6.16 Å². The molecule has 15 heavy (non-hydrogen) atoms. The van der Waals surface area contributed by atoms with Crippen LogP contribution in [0, 0.1) is 0 Å². The molecule has 84 valence electrons. The molecule has 1 rings (SSSR count). The molecular weight excluding hydrogens is 199 g/mol. The van der Waals surface area contributed by atoms with E-state index in [0.717, 1.165) is 11.3 Å². The van der Waals surface area contributed by atoms with E-state index in [4.69, 9.17) is 0 Å². The van der Waals surface area contributed by atoms with Gasteiger partial charge in [0.15, 0.2) is 0 Å². The van der Waals surface area contributed by atoms with Crippen LogP contribution in [0.5, 0.6) is 0 Å². The number of hydrogen-bond acceptors (Lipinski definition) is 0. The number of rotatable bonds is 4. The van der Waals surface area contributed by atoms with E-state index >= 15 is 0 Å². The van der Waals surface area contributed by atoms with Gasteiger partial charge in [-0.05, 0) is 46.8 Å². The minimum Gasteiger partial charge on any atom is -0.0620 e. The molecule has 0 fully saturated rings. The molecule has 0 radical (unpaired) electrons. The molecule has 0 spiro atoms. The van der Waals surface area contributed by atoms with Crippen molar-refractivity contribution in [2.45, 2.75) is 45.9 Å². The van der Waals surface area contributed by atoms with Crippen molar-refractivity contribution in [1.29, 1.82) is 0 Å². The van der Waals surface area contributed by atoms with E-state index in [9.17, 15) is 0 Å². The zero-order valence-corrected chi connectivity index (χ0v) is 11.6. The first-order valence-corrected chi connectivity index (χ1v) is 8.10. The quantitative estimate of drug-likeness (QED) is 0.672. The van der Waals surface area contributed by atoms with Gasteiger partial charge < -0.3 is 0 Å². The summed E-state index contributed by atoms with van der Waals surface area (Å²) < 4.78 is 0. The molecule has 0 unspecified atom stereocenters. The van der Waals surface area contributed by atoms with Crippen molar-refractivity contribution in [3.63, 3.8) is 0 Å². The lowest BCUT2D eigenvalue weighted by Crippen LogP contribution is -2.27. The topological polar surface area (TPSA) is 0 Å². The summed E-state index contributed by atoms with van der Waals surface area (Å²) >= 11 is 0. The normalized spacial score (nSPS) is 12.5. The molecule has 0 aromatic heterocycles. The van der Waals surface area contributed by atoms with Crippen LogP contribution in [0.1, 0.15) is 34.6 Å². The lowest BCUT2D eigenvalue weighted by Gasteiger charge is -2.33. The Morgan fingerprint density at radius 2 is 1.40 bits per heavy atom. The summed E-state index contributed by atoms with van der Waals surface area (Å²) in [6, 6.07) is 11.2. The maximum absolute atomic E-state index is 2.39. The summed E-state index contributed by atoms with van der Waals surface area (Å²) in [6.07, 6.45) is 1.33. The Kier molecular flexibility index (Phi) is 4.34. The average molecular weight is 223 g/mol. The van der Waals surface area contributed by atoms with Crippen molar-refractivity contribution in [3.05, 3.63) is 30.3 Å². The molecule has 1 heteroatoms. The van der Waals surface area contributed by atoms with Gasteiger partial charge in [-0.2, -0.15) is 0 Å². The highest BCUT2D eigenvalue weighted by Crippen LogP contribution is 2.65. The predicted octanol–water partition coefficient (Wildman–Crippen LogP) is 4.17. The van der Waals surface area contributed by atoms with Crippen LogP contribution < -0.4 is 5.30 Å². The Hall–Kier alpha value is -0.350. The van der Waals surface area contributed by atoms with E-state index < -0.39 is 7.26 Å². The Balaban J connectivity index is 3.22. The van der Waals surface area contributed by atoms with Crippen LogP contribution in [0.4, 0.5) is 0 Å². The molecule has 0 amide bonds. The molecular formula is C14H24P+. The molecule has 0 aliphatic carbocycles. The third-order valence-electron chi connectivity index (χ3n) is 3.60. The fourth-order valence-electron chi connectivity index (χ4n) is 2.81. The van der Waals surface area contributed by atoms with Gasteiger partial charge >= 0.3 is 0 Å². The van der Waals surface area contributed by atoms with Crippen LogP contribution in [-0.2, 0) is 0 Å². The zero-order chi connectivity index (χ0) is 11.5. The van der Waals surface area contributed by atoms with Crippen LogP contribution in [0.2, 0.25) is 0 Å². The Bertz CT molecular complexity index is 279. The molecule has 0 aliphatic rings. The molecule has 0 saturated heterocycles. The molecule has 1 aromatic rings. The van der Waals surface area contributed by atoms with Crippen molar-refractivity contribution in [2.24, 2.45) is 0 Å². The van der Waals surface area contributed by atoms with Crippen molar-refractivity contribution in [1.82, 2.24) is 0 Å². The fourth-order valence-corrected chi connectivity index (χ4v) is 7.75. The van der Waals surface area contributed by atoms with Gasteiger partial charge in [-0.25, -0.2) is 0 Å². The Labute approximate surface area is 95.4 Å². The summed E-state index contributed by atoms with van der Waals surface area (Å²) in [4.78, 5) is 0. The van der Waals surface area contributed by atoms with Crippen molar-refractivity contribution in [3.8, 4) is 0 Å². The zero-order valence-electron chi connectivity index (χ0n) is 10.7. The van der Waals surface area contributed by atoms with Crippen LogP contribution in [0.3, 0.4) is 0 Å². The van der Waals surface area contributed by atoms with Gasteiger partial charge in [0.2, 0.25) is 0 Å². The minimum atomic E-state index is -0.973. The van der Waals surface area contributed by atoms with Crippen LogP contribution in [-0.4, -0.2) is 17.5 Å². The van der Waals surface area contributed by atoms with Gasteiger partial charge in [0.1, 0.15) is 0 Å². The second-order valence-corrected chi connectivity index (χ2v) is 9.85. The van der Waals surface area contributed by atoms with E-state index in [2.05, 4.69) is 65.0 Å². The maximum Gasteiger partial charge on any atom is 0.0944 e. The monoisotopic (exact) mass is 223 g/mol. The predicted molar refractivity (Wildman–Crippen MR) is 73.8 cm³/mol. The van der Waals surface area contributed by atoms with Crippen molar-refractivity contribution in [2.75, 3.05) is 6.16 Å². The lowest BCUT2D eigenvalue weighted by atomic mass is 10.4. The third kappa shape index (κ3) is 2.26. The molecule has 0 aliphatic heterocycles. The smallest absolute Gasteiger partial charge is 0.0620 e. The van der Waals surface area contributed by atoms with E-state index in [0.29, 0.717) is 0 Å². The first-order valence-electron chi connectivity index (χ1n) is 5.98. The van der Waals surface area contributed by atoms with Gasteiger partial charge in [-0.15, -0.1) is 0 Å². The fraction of sp³-hybridized carbons (Fsp3) is 0.571. The first-order chi connectivity index (χ1) is 7.05. The second-order valence-electron chi connectivity index (χ2n) is 4.77. The number of hydrogen-bond donors (Lipinski definition) is 0. The molecule has 0 nitrogen and oxygen atoms in total. The van der Waals surface area contributed by atoms with Gasteiger partial charge in [0, 0.05) is 0 Å². The van der Waals surface area contributed by atoms with Gasteiger partial charge in [-0.1, -0.05) is 18.2 Å². The molecule has 0 saturated carbocycles. The van der Waals surface area contributed by atoms with Crippen LogP contribution >= 0.6 is 7.26 Å². The summed E-state index contributed by atoms with van der Waals surface area (Å²) in [5.41, 5.74) is 1.59. The summed E-state index contributed by atoms with van der Waals surface area (Å²) in [6.45, 7) is 11.9. The molecule has 0 bridgehead atoms. The average Bonchev–Trinajstić information content (AvgIpc) is 2.20. The van der Waals surface area contributed by atoms with Gasteiger partial charge in [0.05, 0.1) is 30.0 Å².